The molecule has 0 saturated heterocycles. The van der Waals surface area contributed by atoms with E-state index in [0.29, 0.717) is 5.56 Å². The molecule has 1 aliphatic heterocycles. The second-order valence-corrected chi connectivity index (χ2v) is 5.16. The van der Waals surface area contributed by atoms with E-state index < -0.39 is 0 Å². The van der Waals surface area contributed by atoms with Crippen molar-refractivity contribution in [3.63, 3.8) is 0 Å². The summed E-state index contributed by atoms with van der Waals surface area (Å²) in [5.41, 5.74) is 5.24. The molecular formula is C17H18N2O2. The summed E-state index contributed by atoms with van der Waals surface area (Å²) in [6.07, 6.45) is 3.68. The first kappa shape index (κ1) is 13.8. The molecule has 0 fully saturated rings. The Morgan fingerprint density at radius 2 is 1.95 bits per heavy atom. The minimum atomic E-state index is -0.359. The third-order valence-corrected chi connectivity index (χ3v) is 3.83. The van der Waals surface area contributed by atoms with E-state index in [4.69, 9.17) is 0 Å². The SMILES string of the molecule is COC(=O)c1ccc(-c2ccc3c(c2)CCNCC3)nc1. The molecule has 4 nitrogen and oxygen atoms in total. The zero-order valence-corrected chi connectivity index (χ0v) is 12.1. The van der Waals surface area contributed by atoms with Gasteiger partial charge in [0.05, 0.1) is 18.4 Å². The predicted molar refractivity (Wildman–Crippen MR) is 81.3 cm³/mol. The number of aromatic nitrogens is 1. The van der Waals surface area contributed by atoms with Gasteiger partial charge in [-0.2, -0.15) is 0 Å². The van der Waals surface area contributed by atoms with Crippen LogP contribution in [0.2, 0.25) is 0 Å². The van der Waals surface area contributed by atoms with Gasteiger partial charge in [0.25, 0.3) is 0 Å². The molecule has 1 aromatic heterocycles. The van der Waals surface area contributed by atoms with Crippen LogP contribution >= 0.6 is 0 Å². The molecule has 0 spiro atoms. The minimum Gasteiger partial charge on any atom is -0.465 e. The van der Waals surface area contributed by atoms with E-state index >= 15 is 0 Å². The molecule has 4 heteroatoms. The van der Waals surface area contributed by atoms with Crippen molar-refractivity contribution in [2.45, 2.75) is 12.8 Å². The zero-order chi connectivity index (χ0) is 14.7. The summed E-state index contributed by atoms with van der Waals surface area (Å²) >= 11 is 0. The lowest BCUT2D eigenvalue weighted by molar-refractivity contribution is 0.0600. The average molecular weight is 282 g/mol. The van der Waals surface area contributed by atoms with Crippen molar-refractivity contribution in [1.82, 2.24) is 10.3 Å². The highest BCUT2D eigenvalue weighted by Crippen LogP contribution is 2.23. The van der Waals surface area contributed by atoms with Crippen LogP contribution in [0.3, 0.4) is 0 Å². The summed E-state index contributed by atoms with van der Waals surface area (Å²) in [6, 6.07) is 10.1. The molecule has 108 valence electrons. The molecule has 0 saturated carbocycles. The minimum absolute atomic E-state index is 0.359. The second kappa shape index (κ2) is 6.06. The molecule has 0 aliphatic carbocycles. The van der Waals surface area contributed by atoms with Crippen LogP contribution in [0, 0.1) is 0 Å². The maximum atomic E-state index is 11.4. The van der Waals surface area contributed by atoms with E-state index in [1.165, 1.54) is 18.2 Å². The monoisotopic (exact) mass is 282 g/mol. The summed E-state index contributed by atoms with van der Waals surface area (Å²) < 4.78 is 4.68. The van der Waals surface area contributed by atoms with Crippen molar-refractivity contribution in [2.75, 3.05) is 20.2 Å². The van der Waals surface area contributed by atoms with Crippen LogP contribution in [0.4, 0.5) is 0 Å². The number of nitrogens with one attached hydrogen (secondary N) is 1. The van der Waals surface area contributed by atoms with Crippen molar-refractivity contribution < 1.29 is 9.53 Å². The lowest BCUT2D eigenvalue weighted by Crippen LogP contribution is -2.16. The Labute approximate surface area is 124 Å². The Kier molecular flexibility index (Phi) is 3.97. The first-order chi connectivity index (χ1) is 10.3. The number of esters is 1. The largest absolute Gasteiger partial charge is 0.465 e. The van der Waals surface area contributed by atoms with E-state index in [1.807, 2.05) is 6.07 Å². The summed E-state index contributed by atoms with van der Waals surface area (Å²) in [6.45, 7) is 2.06. The van der Waals surface area contributed by atoms with Gasteiger partial charge >= 0.3 is 5.97 Å². The second-order valence-electron chi connectivity index (χ2n) is 5.16. The highest BCUT2D eigenvalue weighted by atomic mass is 16.5. The molecular weight excluding hydrogens is 264 g/mol. The fraction of sp³-hybridized carbons (Fsp3) is 0.294. The number of hydrogen-bond acceptors (Lipinski definition) is 4. The molecule has 0 unspecified atom stereocenters. The van der Waals surface area contributed by atoms with Crippen LogP contribution in [-0.4, -0.2) is 31.2 Å². The fourth-order valence-corrected chi connectivity index (χ4v) is 2.64. The maximum absolute atomic E-state index is 11.4. The van der Waals surface area contributed by atoms with Gasteiger partial charge in [-0.15, -0.1) is 0 Å². The molecule has 0 atom stereocenters. The molecule has 2 heterocycles. The maximum Gasteiger partial charge on any atom is 0.339 e. The molecule has 2 aromatic rings. The summed E-state index contributed by atoms with van der Waals surface area (Å²) in [5, 5.41) is 3.41. The number of benzene rings is 1. The Morgan fingerprint density at radius 3 is 2.67 bits per heavy atom. The Morgan fingerprint density at radius 1 is 1.14 bits per heavy atom. The van der Waals surface area contributed by atoms with Gasteiger partial charge in [-0.3, -0.25) is 4.98 Å². The van der Waals surface area contributed by atoms with Crippen molar-refractivity contribution in [3.8, 4) is 11.3 Å². The van der Waals surface area contributed by atoms with Gasteiger partial charge in [-0.05, 0) is 55.3 Å². The number of carbonyl (C=O) groups excluding carboxylic acids is 1. The third-order valence-electron chi connectivity index (χ3n) is 3.83. The molecule has 1 aliphatic rings. The first-order valence-electron chi connectivity index (χ1n) is 7.15. The van der Waals surface area contributed by atoms with Gasteiger partial charge in [0.15, 0.2) is 0 Å². The Balaban J connectivity index is 1.90. The summed E-state index contributed by atoms with van der Waals surface area (Å²) in [7, 11) is 1.37. The highest BCUT2D eigenvalue weighted by molar-refractivity contribution is 5.89. The van der Waals surface area contributed by atoms with E-state index in [9.17, 15) is 4.79 Å². The van der Waals surface area contributed by atoms with E-state index in [0.717, 1.165) is 37.2 Å². The molecule has 1 N–H and O–H groups in total. The normalized spacial score (nSPS) is 14.1. The van der Waals surface area contributed by atoms with Crippen LogP contribution in [0.25, 0.3) is 11.3 Å². The predicted octanol–water partition coefficient (Wildman–Crippen LogP) is 2.22. The molecule has 0 radical (unpaired) electrons. The lowest BCUT2D eigenvalue weighted by Gasteiger charge is -2.08. The fourth-order valence-electron chi connectivity index (χ4n) is 2.64. The summed E-state index contributed by atoms with van der Waals surface area (Å²) in [4.78, 5) is 15.8. The van der Waals surface area contributed by atoms with Gasteiger partial charge < -0.3 is 10.1 Å². The molecule has 1 aromatic carbocycles. The first-order valence-corrected chi connectivity index (χ1v) is 7.15. The molecule has 3 rings (SSSR count). The van der Waals surface area contributed by atoms with Gasteiger partial charge in [0.1, 0.15) is 0 Å². The van der Waals surface area contributed by atoms with Crippen LogP contribution < -0.4 is 5.32 Å². The van der Waals surface area contributed by atoms with Crippen LogP contribution in [0.5, 0.6) is 0 Å². The van der Waals surface area contributed by atoms with Gasteiger partial charge in [0.2, 0.25) is 0 Å². The summed E-state index contributed by atoms with van der Waals surface area (Å²) in [5.74, 6) is -0.359. The number of methoxy groups -OCH3 is 1. The van der Waals surface area contributed by atoms with E-state index in [2.05, 4.69) is 33.2 Å². The number of nitrogens with zero attached hydrogens (tertiary/aromatic N) is 1. The number of ether oxygens (including phenoxy) is 1. The van der Waals surface area contributed by atoms with Gasteiger partial charge in [-0.25, -0.2) is 4.79 Å². The Bertz CT molecular complexity index is 650. The van der Waals surface area contributed by atoms with E-state index in [1.54, 1.807) is 12.3 Å². The number of pyridine rings is 1. The molecule has 21 heavy (non-hydrogen) atoms. The van der Waals surface area contributed by atoms with Crippen molar-refractivity contribution in [2.24, 2.45) is 0 Å². The smallest absolute Gasteiger partial charge is 0.339 e. The van der Waals surface area contributed by atoms with Crippen LogP contribution in [0.15, 0.2) is 36.5 Å². The third kappa shape index (κ3) is 2.95. The number of hydrogen-bond donors (Lipinski definition) is 1. The number of carbonyl (C=O) groups is 1. The zero-order valence-electron chi connectivity index (χ0n) is 12.1. The number of rotatable bonds is 2. The lowest BCUT2D eigenvalue weighted by atomic mass is 9.98. The highest BCUT2D eigenvalue weighted by Gasteiger charge is 2.10. The van der Waals surface area contributed by atoms with Gasteiger partial charge in [-0.1, -0.05) is 12.1 Å². The van der Waals surface area contributed by atoms with Crippen molar-refractivity contribution in [1.29, 1.82) is 0 Å². The standard InChI is InChI=1S/C17H18N2O2/c1-21-17(20)15-4-5-16(19-11-15)14-3-2-12-6-8-18-9-7-13(12)10-14/h2-5,10-11,18H,6-9H2,1H3. The quantitative estimate of drug-likeness (QED) is 0.858. The molecule has 0 bridgehead atoms. The van der Waals surface area contributed by atoms with Gasteiger partial charge in [0, 0.05) is 11.8 Å². The van der Waals surface area contributed by atoms with Crippen LogP contribution in [0.1, 0.15) is 21.5 Å². The average Bonchev–Trinajstić information content (AvgIpc) is 2.79. The molecule has 0 amide bonds. The van der Waals surface area contributed by atoms with Crippen LogP contribution in [-0.2, 0) is 17.6 Å². The number of fused-ring (bicyclic) bond motifs is 1. The topological polar surface area (TPSA) is 51.2 Å². The van der Waals surface area contributed by atoms with Crippen molar-refractivity contribution in [3.05, 3.63) is 53.2 Å². The van der Waals surface area contributed by atoms with E-state index in [-0.39, 0.29) is 5.97 Å². The Hall–Kier alpha value is -2.20. The van der Waals surface area contributed by atoms with Crippen molar-refractivity contribution >= 4 is 5.97 Å².